The first-order valence-electron chi connectivity index (χ1n) is 11.2. The quantitative estimate of drug-likeness (QED) is 0.580. The molecule has 1 fully saturated rings. The third kappa shape index (κ3) is 7.03. The van der Waals surface area contributed by atoms with Crippen LogP contribution in [-0.2, 0) is 19.6 Å². The zero-order valence-corrected chi connectivity index (χ0v) is 20.0. The normalized spacial score (nSPS) is 14.2. The topological polar surface area (TPSA) is 98.8 Å². The number of nitrogens with one attached hydrogen (secondary N) is 2. The molecule has 2 N–H and O–H groups in total. The highest BCUT2D eigenvalue weighted by molar-refractivity contribution is 7.89. The number of amides is 2. The lowest BCUT2D eigenvalue weighted by atomic mass is 10.1. The molecule has 33 heavy (non-hydrogen) atoms. The fourth-order valence-corrected chi connectivity index (χ4v) is 4.79. The van der Waals surface area contributed by atoms with Gasteiger partial charge in [-0.2, -0.15) is 0 Å². The summed E-state index contributed by atoms with van der Waals surface area (Å²) in [6.07, 6.45) is 0.236. The van der Waals surface area contributed by atoms with Crippen LogP contribution >= 0.6 is 0 Å². The van der Waals surface area contributed by atoms with Gasteiger partial charge < -0.3 is 15.1 Å². The minimum Gasteiger partial charge on any atom is -0.368 e. The van der Waals surface area contributed by atoms with E-state index in [4.69, 9.17) is 0 Å². The molecule has 0 unspecified atom stereocenters. The van der Waals surface area contributed by atoms with Crippen molar-refractivity contribution in [2.75, 3.05) is 44.2 Å². The van der Waals surface area contributed by atoms with Gasteiger partial charge in [0, 0.05) is 57.8 Å². The second-order valence-corrected chi connectivity index (χ2v) is 9.96. The highest BCUT2D eigenvalue weighted by atomic mass is 32.2. The Kier molecular flexibility index (Phi) is 8.46. The van der Waals surface area contributed by atoms with Gasteiger partial charge in [-0.3, -0.25) is 9.59 Å². The van der Waals surface area contributed by atoms with Crippen LogP contribution in [-0.4, -0.2) is 64.4 Å². The Labute approximate surface area is 196 Å². The van der Waals surface area contributed by atoms with E-state index in [0.717, 1.165) is 29.9 Å². The average molecular weight is 473 g/mol. The molecule has 1 heterocycles. The molecule has 3 rings (SSSR count). The molecule has 178 valence electrons. The molecule has 1 aliphatic heterocycles. The number of rotatable bonds is 9. The first-order valence-corrected chi connectivity index (χ1v) is 12.7. The first-order chi connectivity index (χ1) is 15.8. The highest BCUT2D eigenvalue weighted by Gasteiger charge is 2.21. The third-order valence-corrected chi connectivity index (χ3v) is 7.31. The summed E-state index contributed by atoms with van der Waals surface area (Å²) < 4.78 is 27.2. The van der Waals surface area contributed by atoms with E-state index in [1.165, 1.54) is 0 Å². The minimum atomic E-state index is -3.66. The minimum absolute atomic E-state index is 0.00349. The molecule has 0 radical (unpaired) electrons. The number of benzene rings is 2. The molecule has 2 aromatic carbocycles. The second-order valence-electron chi connectivity index (χ2n) is 8.20. The molecule has 0 bridgehead atoms. The van der Waals surface area contributed by atoms with Gasteiger partial charge in [-0.25, -0.2) is 13.1 Å². The number of carbonyl (C=O) groups excluding carboxylic acids is 2. The lowest BCUT2D eigenvalue weighted by molar-refractivity contribution is -0.131. The summed E-state index contributed by atoms with van der Waals surface area (Å²) in [5, 5.41) is 2.70. The smallest absolute Gasteiger partial charge is 0.240 e. The van der Waals surface area contributed by atoms with Gasteiger partial charge in [0.25, 0.3) is 0 Å². The van der Waals surface area contributed by atoms with Gasteiger partial charge in [-0.1, -0.05) is 24.3 Å². The van der Waals surface area contributed by atoms with Gasteiger partial charge in [0.05, 0.1) is 4.90 Å². The molecule has 0 spiro atoms. The molecule has 2 amide bonds. The van der Waals surface area contributed by atoms with Crippen LogP contribution < -0.4 is 14.9 Å². The van der Waals surface area contributed by atoms with Crippen molar-refractivity contribution in [3.8, 4) is 0 Å². The summed E-state index contributed by atoms with van der Waals surface area (Å²) in [5.74, 6) is -0.280. The number of carbonyl (C=O) groups is 2. The molecule has 8 nitrogen and oxygen atoms in total. The van der Waals surface area contributed by atoms with E-state index in [-0.39, 0.29) is 42.6 Å². The number of para-hydroxylation sites is 1. The number of anilines is 1. The summed E-state index contributed by atoms with van der Waals surface area (Å²) >= 11 is 0. The zero-order valence-electron chi connectivity index (χ0n) is 19.2. The molecule has 1 aliphatic rings. The maximum absolute atomic E-state index is 12.4. The van der Waals surface area contributed by atoms with Gasteiger partial charge in [0.15, 0.2) is 0 Å². The predicted octanol–water partition coefficient (Wildman–Crippen LogP) is 1.83. The van der Waals surface area contributed by atoms with E-state index in [1.807, 2.05) is 36.9 Å². The Bertz CT molecular complexity index is 1070. The molecule has 0 aliphatic carbocycles. The zero-order chi connectivity index (χ0) is 23.8. The predicted molar refractivity (Wildman–Crippen MR) is 129 cm³/mol. The lowest BCUT2D eigenvalue weighted by Gasteiger charge is -2.36. The lowest BCUT2D eigenvalue weighted by Crippen LogP contribution is -2.49. The maximum Gasteiger partial charge on any atom is 0.240 e. The molecule has 0 saturated carbocycles. The third-order valence-electron chi connectivity index (χ3n) is 5.85. The fourth-order valence-electron chi connectivity index (χ4n) is 3.67. The van der Waals surface area contributed by atoms with E-state index >= 15 is 0 Å². The van der Waals surface area contributed by atoms with Gasteiger partial charge in [-0.05, 0) is 49.2 Å². The summed E-state index contributed by atoms with van der Waals surface area (Å²) in [6, 6.07) is 15.0. The monoisotopic (exact) mass is 472 g/mol. The van der Waals surface area contributed by atoms with Crippen LogP contribution in [0.15, 0.2) is 53.4 Å². The Morgan fingerprint density at radius 3 is 2.24 bits per heavy atom. The van der Waals surface area contributed by atoms with Crippen molar-refractivity contribution < 1.29 is 18.0 Å². The number of sulfonamides is 1. The molecule has 0 aromatic heterocycles. The fraction of sp³-hybridized carbons (Fsp3) is 0.417. The van der Waals surface area contributed by atoms with Crippen LogP contribution in [0.4, 0.5) is 5.69 Å². The SMILES string of the molecule is Cc1ccc(S(=O)(=O)NCCC(=O)NCCC(=O)N2CCN(c3ccccc3)CC2)cc1C. The van der Waals surface area contributed by atoms with E-state index in [1.54, 1.807) is 18.2 Å². The molecular formula is C24H32N4O4S. The molecule has 1 saturated heterocycles. The van der Waals surface area contributed by atoms with Crippen molar-refractivity contribution in [2.24, 2.45) is 0 Å². The van der Waals surface area contributed by atoms with Crippen LogP contribution in [0.5, 0.6) is 0 Å². The van der Waals surface area contributed by atoms with Crippen molar-refractivity contribution in [1.82, 2.24) is 14.9 Å². The standard InChI is InChI=1S/C24H32N4O4S/c1-19-8-9-22(18-20(19)2)33(31,32)26-13-10-23(29)25-12-11-24(30)28-16-14-27(15-17-28)21-6-4-3-5-7-21/h3-9,18,26H,10-17H2,1-2H3,(H,25,29). The maximum atomic E-state index is 12.4. The second kappa shape index (κ2) is 11.3. The summed E-state index contributed by atoms with van der Waals surface area (Å²) in [5.41, 5.74) is 3.06. The van der Waals surface area contributed by atoms with E-state index in [0.29, 0.717) is 13.1 Å². The Balaban J connectivity index is 1.33. The van der Waals surface area contributed by atoms with Gasteiger partial charge in [0.2, 0.25) is 21.8 Å². The van der Waals surface area contributed by atoms with Crippen molar-refractivity contribution in [3.05, 3.63) is 59.7 Å². The van der Waals surface area contributed by atoms with Gasteiger partial charge >= 0.3 is 0 Å². The van der Waals surface area contributed by atoms with Gasteiger partial charge in [-0.15, -0.1) is 0 Å². The van der Waals surface area contributed by atoms with Crippen LogP contribution in [0.1, 0.15) is 24.0 Å². The number of aryl methyl sites for hydroxylation is 2. The summed E-state index contributed by atoms with van der Waals surface area (Å²) in [6.45, 7) is 6.87. The number of hydrogen-bond donors (Lipinski definition) is 2. The Morgan fingerprint density at radius 2 is 1.58 bits per heavy atom. The van der Waals surface area contributed by atoms with Gasteiger partial charge in [0.1, 0.15) is 0 Å². The Hall–Kier alpha value is -2.91. The van der Waals surface area contributed by atoms with Crippen LogP contribution in [0.3, 0.4) is 0 Å². The van der Waals surface area contributed by atoms with Crippen LogP contribution in [0, 0.1) is 13.8 Å². The molecule has 9 heteroatoms. The van der Waals surface area contributed by atoms with Crippen molar-refractivity contribution in [2.45, 2.75) is 31.6 Å². The van der Waals surface area contributed by atoms with Crippen molar-refractivity contribution >= 4 is 27.5 Å². The molecular weight excluding hydrogens is 440 g/mol. The van der Waals surface area contributed by atoms with Crippen LogP contribution in [0.2, 0.25) is 0 Å². The van der Waals surface area contributed by atoms with E-state index in [9.17, 15) is 18.0 Å². The van der Waals surface area contributed by atoms with Crippen molar-refractivity contribution in [1.29, 1.82) is 0 Å². The Morgan fingerprint density at radius 1 is 0.879 bits per heavy atom. The molecule has 0 atom stereocenters. The summed E-state index contributed by atoms with van der Waals surface area (Å²) in [7, 11) is -3.66. The highest BCUT2D eigenvalue weighted by Crippen LogP contribution is 2.16. The number of nitrogens with zero attached hydrogens (tertiary/aromatic N) is 2. The van der Waals surface area contributed by atoms with Crippen LogP contribution in [0.25, 0.3) is 0 Å². The van der Waals surface area contributed by atoms with Crippen molar-refractivity contribution in [3.63, 3.8) is 0 Å². The molecule has 2 aromatic rings. The average Bonchev–Trinajstić information content (AvgIpc) is 2.81. The van der Waals surface area contributed by atoms with E-state index < -0.39 is 10.0 Å². The van der Waals surface area contributed by atoms with E-state index in [2.05, 4.69) is 27.1 Å². The number of hydrogen-bond acceptors (Lipinski definition) is 5. The largest absolute Gasteiger partial charge is 0.368 e. The number of piperazine rings is 1. The summed E-state index contributed by atoms with van der Waals surface area (Å²) in [4.78, 5) is 28.7. The first kappa shape index (κ1) is 24.7.